The van der Waals surface area contributed by atoms with Gasteiger partial charge in [-0.2, -0.15) is 0 Å². The average molecular weight is 297 g/mol. The summed E-state index contributed by atoms with van der Waals surface area (Å²) < 4.78 is 0. The quantitative estimate of drug-likeness (QED) is 0.263. The van der Waals surface area contributed by atoms with Crippen LogP contribution < -0.4 is 11.3 Å². The second-order valence-electron chi connectivity index (χ2n) is 3.47. The molecule has 2 rings (SSSR count). The molecule has 2 aromatic rings. The van der Waals surface area contributed by atoms with Gasteiger partial charge in [-0.05, 0) is 18.2 Å². The van der Waals surface area contributed by atoms with Gasteiger partial charge in [0.15, 0.2) is 11.0 Å². The molecule has 6 nitrogen and oxygen atoms in total. The first kappa shape index (κ1) is 13.4. The molecule has 1 heterocycles. The van der Waals surface area contributed by atoms with Crippen molar-refractivity contribution in [3.8, 4) is 0 Å². The molecule has 0 aliphatic carbocycles. The molecule has 0 aliphatic heterocycles. The van der Waals surface area contributed by atoms with Gasteiger partial charge in [0.25, 0.3) is 5.56 Å². The number of rotatable bonds is 3. The first-order valence-corrected chi connectivity index (χ1v) is 6.30. The number of nitrogens with zero attached hydrogens (tertiary/aromatic N) is 2. The highest BCUT2D eigenvalue weighted by Crippen LogP contribution is 2.29. The maximum Gasteiger partial charge on any atom is 0.251 e. The van der Waals surface area contributed by atoms with Crippen molar-refractivity contribution in [1.82, 2.24) is 9.97 Å². The predicted octanol–water partition coefficient (Wildman–Crippen LogP) is 1.67. The summed E-state index contributed by atoms with van der Waals surface area (Å²) in [6.45, 7) is 0. The molecule has 0 aliphatic rings. The zero-order chi connectivity index (χ0) is 13.8. The van der Waals surface area contributed by atoms with E-state index in [9.17, 15) is 4.79 Å². The number of aromatic amines is 1. The van der Waals surface area contributed by atoms with Crippen molar-refractivity contribution in [2.75, 3.05) is 0 Å². The Morgan fingerprint density at radius 3 is 2.95 bits per heavy atom. The van der Waals surface area contributed by atoms with Crippen LogP contribution in [-0.2, 0) is 0 Å². The molecule has 1 aromatic heterocycles. The largest absolute Gasteiger partial charge is 0.409 e. The summed E-state index contributed by atoms with van der Waals surface area (Å²) >= 11 is 7.08. The lowest BCUT2D eigenvalue weighted by atomic mass is 10.2. The minimum atomic E-state index is -0.259. The smallest absolute Gasteiger partial charge is 0.251 e. The first-order valence-electron chi connectivity index (χ1n) is 5.11. The fourth-order valence-corrected chi connectivity index (χ4v) is 2.53. The first-order chi connectivity index (χ1) is 9.10. The molecule has 19 heavy (non-hydrogen) atoms. The van der Waals surface area contributed by atoms with Crippen LogP contribution >= 0.6 is 23.4 Å². The molecular weight excluding hydrogens is 288 g/mol. The second kappa shape index (κ2) is 5.77. The van der Waals surface area contributed by atoms with Crippen molar-refractivity contribution in [3.63, 3.8) is 0 Å². The fraction of sp³-hybridized carbons (Fsp3) is 0. The zero-order valence-corrected chi connectivity index (χ0v) is 11.1. The van der Waals surface area contributed by atoms with Gasteiger partial charge in [0.1, 0.15) is 0 Å². The van der Waals surface area contributed by atoms with E-state index in [0.29, 0.717) is 20.6 Å². The summed E-state index contributed by atoms with van der Waals surface area (Å²) in [6, 6.07) is 6.21. The highest BCUT2D eigenvalue weighted by Gasteiger charge is 2.10. The van der Waals surface area contributed by atoms with Gasteiger partial charge in [-0.1, -0.05) is 28.5 Å². The number of benzene rings is 1. The Balaban J connectivity index is 2.44. The van der Waals surface area contributed by atoms with Crippen molar-refractivity contribution in [2.45, 2.75) is 10.1 Å². The molecule has 0 amide bonds. The van der Waals surface area contributed by atoms with Gasteiger partial charge >= 0.3 is 0 Å². The lowest BCUT2D eigenvalue weighted by Gasteiger charge is -2.07. The summed E-state index contributed by atoms with van der Waals surface area (Å²) in [5, 5.41) is 12.6. The van der Waals surface area contributed by atoms with Crippen LogP contribution in [0.25, 0.3) is 0 Å². The number of nitrogens with two attached hydrogens (primary N) is 1. The van der Waals surface area contributed by atoms with Crippen LogP contribution in [0, 0.1) is 0 Å². The summed E-state index contributed by atoms with van der Waals surface area (Å²) in [5.74, 6) is -0.0440. The number of nitrogens with one attached hydrogen (secondary N) is 1. The third kappa shape index (κ3) is 3.27. The molecule has 4 N–H and O–H groups in total. The van der Waals surface area contributed by atoms with Gasteiger partial charge in [-0.25, -0.2) is 4.98 Å². The summed E-state index contributed by atoms with van der Waals surface area (Å²) in [7, 11) is 0. The van der Waals surface area contributed by atoms with Gasteiger partial charge in [0, 0.05) is 27.7 Å². The fourth-order valence-electron chi connectivity index (χ4n) is 1.35. The van der Waals surface area contributed by atoms with E-state index in [1.54, 1.807) is 18.2 Å². The normalized spacial score (nSPS) is 11.5. The van der Waals surface area contributed by atoms with E-state index in [1.165, 1.54) is 12.3 Å². The van der Waals surface area contributed by atoms with Gasteiger partial charge in [0.05, 0.1) is 0 Å². The lowest BCUT2D eigenvalue weighted by Crippen LogP contribution is -2.14. The summed E-state index contributed by atoms with van der Waals surface area (Å²) in [5.41, 5.74) is 5.82. The van der Waals surface area contributed by atoms with Crippen molar-refractivity contribution in [3.05, 3.63) is 51.4 Å². The van der Waals surface area contributed by atoms with Crippen LogP contribution in [0.2, 0.25) is 5.02 Å². The van der Waals surface area contributed by atoms with Crippen LogP contribution in [0.5, 0.6) is 0 Å². The monoisotopic (exact) mass is 296 g/mol. The molecule has 0 spiro atoms. The molecule has 0 atom stereocenters. The Bertz CT molecular complexity index is 686. The number of amidine groups is 1. The third-order valence-corrected chi connectivity index (χ3v) is 3.38. The van der Waals surface area contributed by atoms with Crippen LogP contribution in [0.15, 0.2) is 50.5 Å². The molecular formula is C11H9ClN4O2S. The molecule has 8 heteroatoms. The Labute approximate surface area is 117 Å². The number of H-pyrrole nitrogens is 1. The van der Waals surface area contributed by atoms with Crippen molar-refractivity contribution >= 4 is 29.2 Å². The van der Waals surface area contributed by atoms with Crippen molar-refractivity contribution < 1.29 is 5.21 Å². The molecule has 0 saturated carbocycles. The number of hydrogen-bond acceptors (Lipinski definition) is 5. The van der Waals surface area contributed by atoms with E-state index in [-0.39, 0.29) is 11.4 Å². The average Bonchev–Trinajstić information content (AvgIpc) is 2.38. The maximum absolute atomic E-state index is 11.2. The van der Waals surface area contributed by atoms with E-state index >= 15 is 0 Å². The van der Waals surface area contributed by atoms with Crippen molar-refractivity contribution in [1.29, 1.82) is 0 Å². The van der Waals surface area contributed by atoms with Gasteiger partial charge in [-0.15, -0.1) is 0 Å². The van der Waals surface area contributed by atoms with Crippen LogP contribution in [0.4, 0.5) is 0 Å². The van der Waals surface area contributed by atoms with Crippen LogP contribution in [0.1, 0.15) is 5.56 Å². The molecule has 0 saturated heterocycles. The van der Waals surface area contributed by atoms with Crippen molar-refractivity contribution in [2.24, 2.45) is 10.9 Å². The summed E-state index contributed by atoms with van der Waals surface area (Å²) in [6.07, 6.45) is 1.40. The zero-order valence-electron chi connectivity index (χ0n) is 9.50. The molecule has 1 aromatic carbocycles. The molecule has 0 radical (unpaired) electrons. The van der Waals surface area contributed by atoms with Gasteiger partial charge in [-0.3, -0.25) is 4.79 Å². The number of aromatic nitrogens is 2. The Morgan fingerprint density at radius 1 is 1.47 bits per heavy atom. The molecule has 0 bridgehead atoms. The lowest BCUT2D eigenvalue weighted by molar-refractivity contribution is 0.318. The molecule has 0 unspecified atom stereocenters. The van der Waals surface area contributed by atoms with E-state index in [0.717, 1.165) is 11.8 Å². The van der Waals surface area contributed by atoms with E-state index < -0.39 is 0 Å². The number of oxime groups is 1. The van der Waals surface area contributed by atoms with E-state index in [2.05, 4.69) is 15.1 Å². The summed E-state index contributed by atoms with van der Waals surface area (Å²) in [4.78, 5) is 18.4. The van der Waals surface area contributed by atoms with Gasteiger partial charge < -0.3 is 15.9 Å². The third-order valence-electron chi connectivity index (χ3n) is 2.18. The minimum absolute atomic E-state index is 0.0440. The number of hydrogen-bond donors (Lipinski definition) is 3. The Hall–Kier alpha value is -1.99. The minimum Gasteiger partial charge on any atom is -0.409 e. The maximum atomic E-state index is 11.2. The number of halogens is 1. The standard InChI is InChI=1S/C11H9ClN4O2S/c12-6-1-2-7(10(13)16-18)8(5-6)19-11-14-4-3-9(17)15-11/h1-5,18H,(H2,13,16)(H,14,15,17). The Kier molecular flexibility index (Phi) is 4.08. The molecule has 0 fully saturated rings. The SMILES string of the molecule is NC(=NO)c1ccc(Cl)cc1Sc1nccc(=O)[nH]1. The van der Waals surface area contributed by atoms with Gasteiger partial charge in [0.2, 0.25) is 0 Å². The highest BCUT2D eigenvalue weighted by molar-refractivity contribution is 7.99. The molecule has 98 valence electrons. The topological polar surface area (TPSA) is 104 Å². The predicted molar refractivity (Wildman–Crippen MR) is 72.9 cm³/mol. The van der Waals surface area contributed by atoms with E-state index in [1.807, 2.05) is 0 Å². The highest BCUT2D eigenvalue weighted by atomic mass is 35.5. The van der Waals surface area contributed by atoms with Crippen LogP contribution in [-0.4, -0.2) is 21.0 Å². The van der Waals surface area contributed by atoms with Crippen LogP contribution in [0.3, 0.4) is 0 Å². The Morgan fingerprint density at radius 2 is 2.26 bits per heavy atom. The van der Waals surface area contributed by atoms with E-state index in [4.69, 9.17) is 22.5 Å². The second-order valence-corrected chi connectivity index (χ2v) is 4.93.